The summed E-state index contributed by atoms with van der Waals surface area (Å²) in [5.74, 6) is 0.0763. The molecule has 1 aliphatic heterocycles. The van der Waals surface area contributed by atoms with Gasteiger partial charge in [-0.25, -0.2) is 4.79 Å². The number of nitrogens with zero attached hydrogens (tertiary/aromatic N) is 1. The van der Waals surface area contributed by atoms with Gasteiger partial charge in [-0.05, 0) is 30.0 Å². The van der Waals surface area contributed by atoms with Crippen molar-refractivity contribution < 1.29 is 9.59 Å². The lowest BCUT2D eigenvalue weighted by molar-refractivity contribution is -0.128. The second-order valence-corrected chi connectivity index (χ2v) is 7.10. The monoisotopic (exact) mass is 365 g/mol. The van der Waals surface area contributed by atoms with Crippen LogP contribution in [0.3, 0.4) is 0 Å². The minimum Gasteiger partial charge on any atom is -0.336 e. The minimum absolute atomic E-state index is 0.0763. The molecule has 1 fully saturated rings. The Kier molecular flexibility index (Phi) is 6.12. The number of nitrogens with one attached hydrogen (secondary N) is 2. The molecule has 5 heteroatoms. The van der Waals surface area contributed by atoms with Gasteiger partial charge in [0, 0.05) is 19.5 Å². The van der Waals surface area contributed by atoms with Crippen LogP contribution < -0.4 is 10.6 Å². The molecule has 0 bridgehead atoms. The van der Waals surface area contributed by atoms with Crippen molar-refractivity contribution >= 4 is 11.9 Å². The van der Waals surface area contributed by atoms with Crippen molar-refractivity contribution in [2.75, 3.05) is 6.54 Å². The van der Waals surface area contributed by atoms with Gasteiger partial charge in [0.2, 0.25) is 5.91 Å². The zero-order chi connectivity index (χ0) is 19.2. The van der Waals surface area contributed by atoms with Crippen molar-refractivity contribution in [1.82, 2.24) is 15.5 Å². The molecule has 1 aliphatic rings. The summed E-state index contributed by atoms with van der Waals surface area (Å²) in [7, 11) is 0. The molecular weight excluding hydrogens is 338 g/mol. The van der Waals surface area contributed by atoms with Gasteiger partial charge in [0.15, 0.2) is 0 Å². The van der Waals surface area contributed by atoms with Gasteiger partial charge in [0.1, 0.15) is 0 Å². The Morgan fingerprint density at radius 1 is 1.11 bits per heavy atom. The SMILES string of the molecule is CCc1ccc(C(C)NC(=O)NC2CC(=O)N(Cc3ccccc3)C2)cc1. The van der Waals surface area contributed by atoms with Crippen LogP contribution in [0.5, 0.6) is 0 Å². The third kappa shape index (κ3) is 5.09. The number of amides is 3. The standard InChI is InChI=1S/C22H27N3O2/c1-3-17-9-11-19(12-10-17)16(2)23-22(27)24-20-13-21(26)25(15-20)14-18-7-5-4-6-8-18/h4-12,16,20H,3,13-15H2,1-2H3,(H2,23,24,27). The van der Waals surface area contributed by atoms with Crippen molar-refractivity contribution in [3.63, 3.8) is 0 Å². The van der Waals surface area contributed by atoms with Crippen LogP contribution in [0.2, 0.25) is 0 Å². The Bertz CT molecular complexity index is 774. The van der Waals surface area contributed by atoms with E-state index in [1.807, 2.05) is 49.4 Å². The molecule has 2 aromatic rings. The van der Waals surface area contributed by atoms with Crippen molar-refractivity contribution in [2.24, 2.45) is 0 Å². The van der Waals surface area contributed by atoms with Gasteiger partial charge < -0.3 is 15.5 Å². The Hall–Kier alpha value is -2.82. The van der Waals surface area contributed by atoms with Crippen LogP contribution in [0.25, 0.3) is 0 Å². The first-order valence-electron chi connectivity index (χ1n) is 9.52. The van der Waals surface area contributed by atoms with Crippen molar-refractivity contribution in [3.05, 3.63) is 71.3 Å². The molecule has 3 amide bonds. The van der Waals surface area contributed by atoms with Crippen molar-refractivity contribution in [3.8, 4) is 0 Å². The number of benzene rings is 2. The molecule has 3 rings (SSSR count). The van der Waals surface area contributed by atoms with Crippen LogP contribution in [0.4, 0.5) is 4.79 Å². The fourth-order valence-corrected chi connectivity index (χ4v) is 3.37. The summed E-state index contributed by atoms with van der Waals surface area (Å²) >= 11 is 0. The second-order valence-electron chi connectivity index (χ2n) is 7.10. The summed E-state index contributed by atoms with van der Waals surface area (Å²) in [6.07, 6.45) is 1.34. The van der Waals surface area contributed by atoms with Gasteiger partial charge in [-0.1, -0.05) is 61.5 Å². The number of likely N-dealkylation sites (tertiary alicyclic amines) is 1. The Morgan fingerprint density at radius 2 is 1.81 bits per heavy atom. The summed E-state index contributed by atoms with van der Waals surface area (Å²) in [4.78, 5) is 26.4. The van der Waals surface area contributed by atoms with Crippen LogP contribution in [0.1, 0.15) is 43.0 Å². The summed E-state index contributed by atoms with van der Waals surface area (Å²) in [6.45, 7) is 5.20. The lowest BCUT2D eigenvalue weighted by atomic mass is 10.1. The molecule has 27 heavy (non-hydrogen) atoms. The zero-order valence-electron chi connectivity index (χ0n) is 15.9. The maximum atomic E-state index is 12.3. The Balaban J connectivity index is 1.49. The molecule has 5 nitrogen and oxygen atoms in total. The highest BCUT2D eigenvalue weighted by Gasteiger charge is 2.30. The molecular formula is C22H27N3O2. The van der Waals surface area contributed by atoms with E-state index in [-0.39, 0.29) is 24.0 Å². The number of carbonyl (C=O) groups excluding carboxylic acids is 2. The van der Waals surface area contributed by atoms with Crippen LogP contribution in [0, 0.1) is 0 Å². The molecule has 1 saturated heterocycles. The quantitative estimate of drug-likeness (QED) is 0.824. The lowest BCUT2D eigenvalue weighted by Gasteiger charge is -2.19. The van der Waals surface area contributed by atoms with E-state index in [4.69, 9.17) is 0 Å². The van der Waals surface area contributed by atoms with E-state index in [1.165, 1.54) is 5.56 Å². The van der Waals surface area contributed by atoms with Crippen LogP contribution >= 0.6 is 0 Å². The first kappa shape index (κ1) is 19.0. The Labute approximate surface area is 160 Å². The summed E-state index contributed by atoms with van der Waals surface area (Å²) in [6, 6.07) is 17.7. The van der Waals surface area contributed by atoms with E-state index in [9.17, 15) is 9.59 Å². The van der Waals surface area contributed by atoms with Gasteiger partial charge in [-0.2, -0.15) is 0 Å². The first-order valence-corrected chi connectivity index (χ1v) is 9.52. The van der Waals surface area contributed by atoms with E-state index < -0.39 is 0 Å². The van der Waals surface area contributed by atoms with Gasteiger partial charge >= 0.3 is 6.03 Å². The predicted molar refractivity (Wildman–Crippen MR) is 106 cm³/mol. The van der Waals surface area contributed by atoms with E-state index >= 15 is 0 Å². The summed E-state index contributed by atoms with van der Waals surface area (Å²) in [5, 5.41) is 5.90. The van der Waals surface area contributed by atoms with Crippen LogP contribution in [0.15, 0.2) is 54.6 Å². The number of aryl methyl sites for hydroxylation is 1. The van der Waals surface area contributed by atoms with E-state index in [2.05, 4.69) is 29.7 Å². The normalized spacial score (nSPS) is 17.6. The molecule has 0 radical (unpaired) electrons. The number of carbonyl (C=O) groups is 2. The molecule has 1 heterocycles. The second kappa shape index (κ2) is 8.71. The maximum Gasteiger partial charge on any atom is 0.315 e. The predicted octanol–water partition coefficient (Wildman–Crippen LogP) is 3.41. The highest BCUT2D eigenvalue weighted by atomic mass is 16.2. The zero-order valence-corrected chi connectivity index (χ0v) is 15.9. The van der Waals surface area contributed by atoms with Crippen LogP contribution in [-0.4, -0.2) is 29.4 Å². The largest absolute Gasteiger partial charge is 0.336 e. The molecule has 2 unspecified atom stereocenters. The molecule has 2 atom stereocenters. The molecule has 0 aromatic heterocycles. The number of urea groups is 1. The highest BCUT2D eigenvalue weighted by Crippen LogP contribution is 2.16. The molecule has 0 saturated carbocycles. The fourth-order valence-electron chi connectivity index (χ4n) is 3.37. The van der Waals surface area contributed by atoms with Gasteiger partial charge in [0.05, 0.1) is 12.1 Å². The third-order valence-corrected chi connectivity index (χ3v) is 5.00. The van der Waals surface area contributed by atoms with E-state index in [0.717, 1.165) is 17.5 Å². The Morgan fingerprint density at radius 3 is 2.48 bits per heavy atom. The number of hydrogen-bond acceptors (Lipinski definition) is 2. The number of rotatable bonds is 6. The third-order valence-electron chi connectivity index (χ3n) is 5.00. The van der Waals surface area contributed by atoms with Gasteiger partial charge in [-0.15, -0.1) is 0 Å². The summed E-state index contributed by atoms with van der Waals surface area (Å²) < 4.78 is 0. The minimum atomic E-state index is -0.235. The molecule has 2 aromatic carbocycles. The number of hydrogen-bond donors (Lipinski definition) is 2. The fraction of sp³-hybridized carbons (Fsp3) is 0.364. The topological polar surface area (TPSA) is 61.4 Å². The van der Waals surface area contributed by atoms with Crippen LogP contribution in [-0.2, 0) is 17.8 Å². The highest BCUT2D eigenvalue weighted by molar-refractivity contribution is 5.81. The molecule has 0 aliphatic carbocycles. The lowest BCUT2D eigenvalue weighted by Crippen LogP contribution is -2.44. The molecule has 0 spiro atoms. The van der Waals surface area contributed by atoms with E-state index in [1.54, 1.807) is 4.90 Å². The van der Waals surface area contributed by atoms with Crippen molar-refractivity contribution in [1.29, 1.82) is 0 Å². The molecule has 2 N–H and O–H groups in total. The molecule has 142 valence electrons. The summed E-state index contributed by atoms with van der Waals surface area (Å²) in [5.41, 5.74) is 3.44. The first-order chi connectivity index (χ1) is 13.0. The maximum absolute atomic E-state index is 12.3. The van der Waals surface area contributed by atoms with E-state index in [0.29, 0.717) is 19.5 Å². The average molecular weight is 365 g/mol. The van der Waals surface area contributed by atoms with Gasteiger partial charge in [-0.3, -0.25) is 4.79 Å². The average Bonchev–Trinajstić information content (AvgIpc) is 3.01. The smallest absolute Gasteiger partial charge is 0.315 e. The van der Waals surface area contributed by atoms with Gasteiger partial charge in [0.25, 0.3) is 0 Å². The van der Waals surface area contributed by atoms with Crippen molar-refractivity contribution in [2.45, 2.75) is 45.3 Å².